The van der Waals surface area contributed by atoms with Crippen LogP contribution in [0.4, 0.5) is 5.69 Å². The fourth-order valence-corrected chi connectivity index (χ4v) is 3.24. The SMILES string of the molecule is COc1ccc(N(CC(=O)NCCOc2cccc(OC)c2)S(C)(=O)=O)cc1. The first-order chi connectivity index (χ1) is 13.3. The summed E-state index contributed by atoms with van der Waals surface area (Å²) in [5.74, 6) is 1.45. The number of nitrogens with one attached hydrogen (secondary N) is 1. The molecule has 0 aliphatic carbocycles. The van der Waals surface area contributed by atoms with Crippen LogP contribution in [0.3, 0.4) is 0 Å². The van der Waals surface area contributed by atoms with Crippen molar-refractivity contribution in [2.75, 3.05) is 44.5 Å². The van der Waals surface area contributed by atoms with Crippen molar-refractivity contribution in [1.82, 2.24) is 5.32 Å². The standard InChI is InChI=1S/C19H24N2O6S/c1-25-16-9-7-15(8-10-16)21(28(3,23)24)14-19(22)20-11-12-27-18-6-4-5-17(13-18)26-2/h4-10,13H,11-12,14H2,1-3H3,(H,20,22). The van der Waals surface area contributed by atoms with Crippen LogP contribution in [-0.2, 0) is 14.8 Å². The van der Waals surface area contributed by atoms with Crippen LogP contribution in [0.15, 0.2) is 48.5 Å². The van der Waals surface area contributed by atoms with E-state index in [0.717, 1.165) is 10.6 Å². The Morgan fingerprint density at radius 3 is 2.25 bits per heavy atom. The molecule has 9 heteroatoms. The van der Waals surface area contributed by atoms with Gasteiger partial charge in [-0.25, -0.2) is 8.42 Å². The van der Waals surface area contributed by atoms with E-state index in [1.54, 1.807) is 55.6 Å². The van der Waals surface area contributed by atoms with E-state index in [1.165, 1.54) is 7.11 Å². The average molecular weight is 408 g/mol. The average Bonchev–Trinajstić information content (AvgIpc) is 2.69. The fourth-order valence-electron chi connectivity index (χ4n) is 2.39. The van der Waals surface area contributed by atoms with Crippen LogP contribution in [0.2, 0.25) is 0 Å². The zero-order chi connectivity index (χ0) is 20.6. The van der Waals surface area contributed by atoms with Crippen LogP contribution >= 0.6 is 0 Å². The van der Waals surface area contributed by atoms with Crippen molar-refractivity contribution in [3.63, 3.8) is 0 Å². The molecule has 0 heterocycles. The van der Waals surface area contributed by atoms with Crippen molar-refractivity contribution in [3.05, 3.63) is 48.5 Å². The lowest BCUT2D eigenvalue weighted by Crippen LogP contribution is -2.41. The topological polar surface area (TPSA) is 94.2 Å². The van der Waals surface area contributed by atoms with Gasteiger partial charge in [0.25, 0.3) is 0 Å². The maximum atomic E-state index is 12.2. The molecule has 0 saturated carbocycles. The summed E-state index contributed by atoms with van der Waals surface area (Å²) in [6, 6.07) is 13.5. The van der Waals surface area contributed by atoms with Crippen molar-refractivity contribution in [2.45, 2.75) is 0 Å². The molecule has 8 nitrogen and oxygen atoms in total. The minimum atomic E-state index is -3.63. The third-order valence-electron chi connectivity index (χ3n) is 3.78. The lowest BCUT2D eigenvalue weighted by Gasteiger charge is -2.22. The van der Waals surface area contributed by atoms with Gasteiger partial charge in [-0.3, -0.25) is 9.10 Å². The molecule has 0 saturated heterocycles. The van der Waals surface area contributed by atoms with Gasteiger partial charge in [0.05, 0.1) is 32.7 Å². The number of amides is 1. The molecule has 2 aromatic carbocycles. The van der Waals surface area contributed by atoms with E-state index in [2.05, 4.69) is 5.32 Å². The highest BCUT2D eigenvalue weighted by molar-refractivity contribution is 7.92. The van der Waals surface area contributed by atoms with Crippen LogP contribution in [0.25, 0.3) is 0 Å². The number of sulfonamides is 1. The number of ether oxygens (including phenoxy) is 3. The molecule has 0 spiro atoms. The molecular formula is C19H24N2O6S. The van der Waals surface area contributed by atoms with E-state index in [4.69, 9.17) is 14.2 Å². The summed E-state index contributed by atoms with van der Waals surface area (Å²) in [4.78, 5) is 12.2. The van der Waals surface area contributed by atoms with Gasteiger partial charge in [0, 0.05) is 6.07 Å². The molecule has 1 N–H and O–H groups in total. The van der Waals surface area contributed by atoms with Crippen molar-refractivity contribution < 1.29 is 27.4 Å². The van der Waals surface area contributed by atoms with Gasteiger partial charge < -0.3 is 19.5 Å². The number of nitrogens with zero attached hydrogens (tertiary/aromatic N) is 1. The number of carbonyl (C=O) groups excluding carboxylic acids is 1. The Kier molecular flexibility index (Phi) is 7.51. The third-order valence-corrected chi connectivity index (χ3v) is 4.92. The zero-order valence-electron chi connectivity index (χ0n) is 16.0. The van der Waals surface area contributed by atoms with Crippen molar-refractivity contribution >= 4 is 21.6 Å². The van der Waals surface area contributed by atoms with Crippen LogP contribution in [0.1, 0.15) is 0 Å². The Hall–Kier alpha value is -2.94. The first-order valence-corrected chi connectivity index (χ1v) is 10.3. The summed E-state index contributed by atoms with van der Waals surface area (Å²) < 4.78 is 40.9. The predicted molar refractivity (Wildman–Crippen MR) is 107 cm³/mol. The second-order valence-electron chi connectivity index (χ2n) is 5.85. The minimum Gasteiger partial charge on any atom is -0.497 e. The molecule has 0 aliphatic rings. The predicted octanol–water partition coefficient (Wildman–Crippen LogP) is 1.66. The molecule has 0 bridgehead atoms. The molecule has 0 aromatic heterocycles. The molecule has 2 rings (SSSR count). The zero-order valence-corrected chi connectivity index (χ0v) is 16.9. The molecule has 0 unspecified atom stereocenters. The first-order valence-electron chi connectivity index (χ1n) is 8.49. The number of carbonyl (C=O) groups is 1. The molecule has 0 fully saturated rings. The molecule has 28 heavy (non-hydrogen) atoms. The van der Waals surface area contributed by atoms with Gasteiger partial charge in [0.15, 0.2) is 0 Å². The van der Waals surface area contributed by atoms with E-state index >= 15 is 0 Å². The first kappa shape index (κ1) is 21.4. The number of hydrogen-bond acceptors (Lipinski definition) is 6. The maximum Gasteiger partial charge on any atom is 0.240 e. The largest absolute Gasteiger partial charge is 0.497 e. The van der Waals surface area contributed by atoms with Crippen LogP contribution in [-0.4, -0.2) is 54.5 Å². The summed E-state index contributed by atoms with van der Waals surface area (Å²) >= 11 is 0. The monoisotopic (exact) mass is 408 g/mol. The van der Waals surface area contributed by atoms with Crippen LogP contribution < -0.4 is 23.8 Å². The van der Waals surface area contributed by atoms with E-state index in [-0.39, 0.29) is 19.7 Å². The Morgan fingerprint density at radius 2 is 1.64 bits per heavy atom. The molecular weight excluding hydrogens is 384 g/mol. The second-order valence-corrected chi connectivity index (χ2v) is 7.75. The van der Waals surface area contributed by atoms with E-state index < -0.39 is 15.9 Å². The Balaban J connectivity index is 1.89. The number of hydrogen-bond donors (Lipinski definition) is 1. The summed E-state index contributed by atoms with van der Waals surface area (Å²) in [6.45, 7) is 0.140. The van der Waals surface area contributed by atoms with Gasteiger partial charge in [-0.2, -0.15) is 0 Å². The smallest absolute Gasteiger partial charge is 0.240 e. The molecule has 152 valence electrons. The van der Waals surface area contributed by atoms with Gasteiger partial charge in [0.1, 0.15) is 30.4 Å². The number of benzene rings is 2. The minimum absolute atomic E-state index is 0.232. The van der Waals surface area contributed by atoms with Crippen molar-refractivity contribution in [1.29, 1.82) is 0 Å². The summed E-state index contributed by atoms with van der Waals surface area (Å²) in [6.07, 6.45) is 1.05. The summed E-state index contributed by atoms with van der Waals surface area (Å²) in [7, 11) is -0.544. The highest BCUT2D eigenvalue weighted by Crippen LogP contribution is 2.21. The second kappa shape index (κ2) is 9.84. The van der Waals surface area contributed by atoms with E-state index in [9.17, 15) is 13.2 Å². The summed E-state index contributed by atoms with van der Waals surface area (Å²) in [5, 5.41) is 2.65. The Labute approximate surface area is 165 Å². The normalized spacial score (nSPS) is 10.8. The molecule has 1 amide bonds. The lowest BCUT2D eigenvalue weighted by atomic mass is 10.3. The summed E-state index contributed by atoms with van der Waals surface area (Å²) in [5.41, 5.74) is 0.381. The molecule has 0 aliphatic heterocycles. The number of rotatable bonds is 10. The van der Waals surface area contributed by atoms with Gasteiger partial charge in [-0.1, -0.05) is 6.07 Å². The molecule has 0 atom stereocenters. The van der Waals surface area contributed by atoms with Gasteiger partial charge in [-0.15, -0.1) is 0 Å². The lowest BCUT2D eigenvalue weighted by molar-refractivity contribution is -0.119. The van der Waals surface area contributed by atoms with Gasteiger partial charge >= 0.3 is 0 Å². The number of methoxy groups -OCH3 is 2. The van der Waals surface area contributed by atoms with Crippen LogP contribution in [0, 0.1) is 0 Å². The highest BCUT2D eigenvalue weighted by atomic mass is 32.2. The fraction of sp³-hybridized carbons (Fsp3) is 0.316. The molecule has 2 aromatic rings. The van der Waals surface area contributed by atoms with Gasteiger partial charge in [0.2, 0.25) is 15.9 Å². The maximum absolute atomic E-state index is 12.2. The van der Waals surface area contributed by atoms with E-state index in [1.807, 2.05) is 0 Å². The van der Waals surface area contributed by atoms with Crippen LogP contribution in [0.5, 0.6) is 17.2 Å². The quantitative estimate of drug-likeness (QED) is 0.601. The van der Waals surface area contributed by atoms with Crippen molar-refractivity contribution in [2.24, 2.45) is 0 Å². The Morgan fingerprint density at radius 1 is 1.00 bits per heavy atom. The Bertz CT molecular complexity index is 884. The third kappa shape index (κ3) is 6.34. The molecule has 0 radical (unpaired) electrons. The van der Waals surface area contributed by atoms with Crippen molar-refractivity contribution in [3.8, 4) is 17.2 Å². The number of anilines is 1. The van der Waals surface area contributed by atoms with E-state index in [0.29, 0.717) is 22.9 Å². The van der Waals surface area contributed by atoms with Gasteiger partial charge in [-0.05, 0) is 36.4 Å². The highest BCUT2D eigenvalue weighted by Gasteiger charge is 2.20.